The number of hydrogen-bond acceptors (Lipinski definition) is 5. The number of nitrogens with zero attached hydrogens (tertiary/aromatic N) is 7. The first kappa shape index (κ1) is 21.2. The molecule has 12 heteroatoms. The van der Waals surface area contributed by atoms with E-state index in [2.05, 4.69) is 25.6 Å². The van der Waals surface area contributed by atoms with E-state index < -0.39 is 17.8 Å². The van der Waals surface area contributed by atoms with Gasteiger partial charge in [-0.2, -0.15) is 28.5 Å². The maximum atomic E-state index is 13.6. The van der Waals surface area contributed by atoms with Crippen molar-refractivity contribution in [3.63, 3.8) is 0 Å². The minimum atomic E-state index is -4.62. The van der Waals surface area contributed by atoms with E-state index in [1.54, 1.807) is 17.1 Å². The molecule has 0 spiro atoms. The molecular formula is C21H21F3N8O. The van der Waals surface area contributed by atoms with Gasteiger partial charge in [-0.15, -0.1) is 0 Å². The van der Waals surface area contributed by atoms with Crippen molar-refractivity contribution in [3.05, 3.63) is 59.1 Å². The van der Waals surface area contributed by atoms with E-state index in [0.717, 1.165) is 36.7 Å². The summed E-state index contributed by atoms with van der Waals surface area (Å²) < 4.78 is 44.9. The zero-order chi connectivity index (χ0) is 23.3. The molecule has 4 aromatic heterocycles. The lowest BCUT2D eigenvalue weighted by molar-refractivity contribution is -0.142. The van der Waals surface area contributed by atoms with Gasteiger partial charge in [0.1, 0.15) is 5.69 Å². The lowest BCUT2D eigenvalue weighted by Crippen LogP contribution is -2.16. The number of fused-ring (bicyclic) bond motifs is 1. The highest BCUT2D eigenvalue weighted by atomic mass is 19.4. The summed E-state index contributed by atoms with van der Waals surface area (Å²) in [6, 6.07) is 2.29. The number of rotatable bonds is 6. The van der Waals surface area contributed by atoms with Crippen LogP contribution in [0.1, 0.15) is 58.8 Å². The van der Waals surface area contributed by atoms with Gasteiger partial charge >= 0.3 is 6.18 Å². The monoisotopic (exact) mass is 458 g/mol. The Balaban J connectivity index is 1.37. The van der Waals surface area contributed by atoms with E-state index in [9.17, 15) is 18.0 Å². The summed E-state index contributed by atoms with van der Waals surface area (Å²) in [7, 11) is 0. The van der Waals surface area contributed by atoms with E-state index in [4.69, 9.17) is 0 Å². The first-order valence-corrected chi connectivity index (χ1v) is 10.6. The summed E-state index contributed by atoms with van der Waals surface area (Å²) in [5.74, 6) is -0.613. The minimum Gasteiger partial charge on any atom is -0.318 e. The van der Waals surface area contributed by atoms with Crippen molar-refractivity contribution < 1.29 is 18.0 Å². The van der Waals surface area contributed by atoms with Gasteiger partial charge < -0.3 is 5.32 Å². The summed E-state index contributed by atoms with van der Waals surface area (Å²) in [5.41, 5.74) is 1.70. The van der Waals surface area contributed by atoms with Crippen LogP contribution in [0, 0.1) is 6.92 Å². The molecule has 5 rings (SSSR count). The Morgan fingerprint density at radius 3 is 2.67 bits per heavy atom. The molecule has 0 unspecified atom stereocenters. The molecule has 0 aliphatic heterocycles. The number of carbonyl (C=O) groups excluding carboxylic acids is 1. The zero-order valence-corrected chi connectivity index (χ0v) is 18.0. The third-order valence-corrected chi connectivity index (χ3v) is 5.69. The lowest BCUT2D eigenvalue weighted by atomic mass is 10.2. The molecular weight excluding hydrogens is 437 g/mol. The number of aromatic nitrogens is 7. The molecule has 1 amide bonds. The van der Waals surface area contributed by atoms with Crippen molar-refractivity contribution in [2.45, 2.75) is 51.9 Å². The van der Waals surface area contributed by atoms with E-state index in [1.807, 2.05) is 18.5 Å². The number of amides is 1. The molecule has 172 valence electrons. The quantitative estimate of drug-likeness (QED) is 0.476. The van der Waals surface area contributed by atoms with Crippen molar-refractivity contribution in [2.75, 3.05) is 5.32 Å². The lowest BCUT2D eigenvalue weighted by Gasteiger charge is -2.10. The van der Waals surface area contributed by atoms with Crippen LogP contribution in [-0.2, 0) is 19.3 Å². The van der Waals surface area contributed by atoms with Gasteiger partial charge in [-0.3, -0.25) is 14.2 Å². The molecule has 4 aromatic rings. The second-order valence-electron chi connectivity index (χ2n) is 8.09. The highest BCUT2D eigenvalue weighted by Crippen LogP contribution is 2.41. The van der Waals surface area contributed by atoms with Gasteiger partial charge in [0.25, 0.3) is 5.91 Å². The highest BCUT2D eigenvalue weighted by molar-refractivity contribution is 6.03. The fraction of sp³-hybridized carbons (Fsp3) is 0.381. The van der Waals surface area contributed by atoms with Crippen molar-refractivity contribution in [3.8, 4) is 0 Å². The summed E-state index contributed by atoms with van der Waals surface area (Å²) >= 11 is 0. The Morgan fingerprint density at radius 2 is 2.00 bits per heavy atom. The molecule has 33 heavy (non-hydrogen) atoms. The number of aryl methyl sites for hydroxylation is 1. The standard InChI is InChI=1S/C21H21F3N8O/c1-3-31-12(2)14(8-26-31)10-30-11-15(9-25-30)27-20(33)17-7-19-28-16(13-4-5-13)6-18(21(22,23)24)32(19)29-17/h6-9,11,13H,3-5,10H2,1-2H3,(H,27,33). The molecule has 0 atom stereocenters. The van der Waals surface area contributed by atoms with Gasteiger partial charge in [0.2, 0.25) is 0 Å². The van der Waals surface area contributed by atoms with Gasteiger partial charge in [0, 0.05) is 41.7 Å². The van der Waals surface area contributed by atoms with Gasteiger partial charge in [0.05, 0.1) is 24.6 Å². The molecule has 1 saturated carbocycles. The normalized spacial score (nSPS) is 14.2. The van der Waals surface area contributed by atoms with Crippen LogP contribution >= 0.6 is 0 Å². The zero-order valence-electron chi connectivity index (χ0n) is 18.0. The molecule has 9 nitrogen and oxygen atoms in total. The second kappa shape index (κ2) is 7.71. The van der Waals surface area contributed by atoms with E-state index in [-0.39, 0.29) is 17.3 Å². The maximum Gasteiger partial charge on any atom is 0.433 e. The fourth-order valence-electron chi connectivity index (χ4n) is 3.74. The summed E-state index contributed by atoms with van der Waals surface area (Å²) in [6.07, 6.45) is 1.89. The Hall–Kier alpha value is -3.70. The molecule has 4 heterocycles. The Kier molecular flexibility index (Phi) is 4.94. The van der Waals surface area contributed by atoms with Gasteiger partial charge in [-0.1, -0.05) is 0 Å². The van der Waals surface area contributed by atoms with Crippen molar-refractivity contribution in [2.24, 2.45) is 0 Å². The first-order chi connectivity index (χ1) is 15.7. The molecule has 0 bridgehead atoms. The van der Waals surface area contributed by atoms with Crippen molar-refractivity contribution in [1.82, 2.24) is 34.2 Å². The second-order valence-corrected chi connectivity index (χ2v) is 8.09. The van der Waals surface area contributed by atoms with Crippen LogP contribution in [0.25, 0.3) is 5.65 Å². The molecule has 1 N–H and O–H groups in total. The van der Waals surface area contributed by atoms with Gasteiger partial charge in [-0.05, 0) is 32.8 Å². The Morgan fingerprint density at radius 1 is 1.21 bits per heavy atom. The number of halogens is 3. The highest BCUT2D eigenvalue weighted by Gasteiger charge is 2.37. The van der Waals surface area contributed by atoms with Crippen molar-refractivity contribution >= 4 is 17.2 Å². The smallest absolute Gasteiger partial charge is 0.318 e. The summed E-state index contributed by atoms with van der Waals surface area (Å²) in [5, 5.41) is 15.1. The number of hydrogen-bond donors (Lipinski definition) is 1. The molecule has 1 aliphatic carbocycles. The third-order valence-electron chi connectivity index (χ3n) is 5.69. The van der Waals surface area contributed by atoms with E-state index in [0.29, 0.717) is 22.4 Å². The van der Waals surface area contributed by atoms with E-state index >= 15 is 0 Å². The predicted octanol–water partition coefficient (Wildman–Crippen LogP) is 3.65. The Bertz CT molecular complexity index is 1350. The average molecular weight is 458 g/mol. The largest absolute Gasteiger partial charge is 0.433 e. The SMILES string of the molecule is CCn1ncc(Cn2cc(NC(=O)c3cc4nc(C5CC5)cc(C(F)(F)F)n4n3)cn2)c1C. The fourth-order valence-corrected chi connectivity index (χ4v) is 3.74. The van der Waals surface area contributed by atoms with Crippen LogP contribution < -0.4 is 5.32 Å². The van der Waals surface area contributed by atoms with E-state index in [1.165, 1.54) is 12.3 Å². The van der Waals surface area contributed by atoms with Crippen LogP contribution in [0.15, 0.2) is 30.7 Å². The van der Waals surface area contributed by atoms with Crippen LogP contribution in [0.5, 0.6) is 0 Å². The number of anilines is 1. The predicted molar refractivity (Wildman–Crippen MR) is 112 cm³/mol. The van der Waals surface area contributed by atoms with Crippen LogP contribution in [0.2, 0.25) is 0 Å². The molecule has 0 radical (unpaired) electrons. The molecule has 0 aromatic carbocycles. The topological polar surface area (TPSA) is 94.9 Å². The Labute approximate surface area is 186 Å². The van der Waals surface area contributed by atoms with Crippen LogP contribution in [-0.4, -0.2) is 40.1 Å². The molecule has 1 fully saturated rings. The van der Waals surface area contributed by atoms with Crippen LogP contribution in [0.4, 0.5) is 18.9 Å². The van der Waals surface area contributed by atoms with Gasteiger partial charge in [0.15, 0.2) is 11.3 Å². The number of alkyl halides is 3. The minimum absolute atomic E-state index is 0.00372. The summed E-state index contributed by atoms with van der Waals surface area (Å²) in [4.78, 5) is 17.0. The first-order valence-electron chi connectivity index (χ1n) is 10.6. The average Bonchev–Trinajstić information content (AvgIpc) is 3.22. The summed E-state index contributed by atoms with van der Waals surface area (Å²) in [6.45, 7) is 5.21. The maximum absolute atomic E-state index is 13.6. The third kappa shape index (κ3) is 4.08. The molecule has 0 saturated heterocycles. The van der Waals surface area contributed by atoms with Crippen LogP contribution in [0.3, 0.4) is 0 Å². The van der Waals surface area contributed by atoms with Crippen molar-refractivity contribution in [1.29, 1.82) is 0 Å². The number of nitrogens with one attached hydrogen (secondary N) is 1. The molecule has 1 aliphatic rings. The number of carbonyl (C=O) groups is 1. The van der Waals surface area contributed by atoms with Gasteiger partial charge in [-0.25, -0.2) is 9.50 Å².